The van der Waals surface area contributed by atoms with E-state index in [9.17, 15) is 14.4 Å². The third kappa shape index (κ3) is 5.33. The van der Waals surface area contributed by atoms with Crippen LogP contribution in [0, 0.1) is 6.92 Å². The molecule has 0 aliphatic carbocycles. The average molecular weight is 448 g/mol. The van der Waals surface area contributed by atoms with E-state index in [0.29, 0.717) is 41.7 Å². The summed E-state index contributed by atoms with van der Waals surface area (Å²) in [5.41, 5.74) is 2.46. The molecule has 1 N–H and O–H groups in total. The molecule has 7 nitrogen and oxygen atoms in total. The lowest BCUT2D eigenvalue weighted by Gasteiger charge is -2.14. The summed E-state index contributed by atoms with van der Waals surface area (Å²) in [4.78, 5) is 40.4. The molecule has 8 heteroatoms. The van der Waals surface area contributed by atoms with Gasteiger partial charge in [0.15, 0.2) is 0 Å². The van der Waals surface area contributed by atoms with E-state index in [1.165, 1.54) is 6.07 Å². The third-order valence-electron chi connectivity index (χ3n) is 4.82. The van der Waals surface area contributed by atoms with Gasteiger partial charge in [0.1, 0.15) is 18.2 Å². The lowest BCUT2D eigenvalue weighted by atomic mass is 10.1. The second-order valence-corrected chi connectivity index (χ2v) is 8.25. The maximum Gasteiger partial charge on any atom is 0.290 e. The molecule has 0 atom stereocenters. The Morgan fingerprint density at radius 2 is 1.81 bits per heavy atom. The Morgan fingerprint density at radius 3 is 2.50 bits per heavy atom. The monoisotopic (exact) mass is 447 g/mol. The van der Waals surface area contributed by atoms with Crippen molar-refractivity contribution in [3.8, 4) is 5.75 Å². The first-order chi connectivity index (χ1) is 15.5. The molecule has 1 fully saturated rings. The average Bonchev–Trinajstić information content (AvgIpc) is 3.08. The number of hydrogen-bond donors (Lipinski definition) is 1. The van der Waals surface area contributed by atoms with E-state index < -0.39 is 0 Å². The Kier molecular flexibility index (Phi) is 6.51. The fourth-order valence-electron chi connectivity index (χ4n) is 3.32. The summed E-state index contributed by atoms with van der Waals surface area (Å²) in [5.74, 6) is 0.960. The highest BCUT2D eigenvalue weighted by molar-refractivity contribution is 8.18. The van der Waals surface area contributed by atoms with Crippen LogP contribution >= 0.6 is 11.8 Å². The van der Waals surface area contributed by atoms with E-state index in [1.807, 2.05) is 37.3 Å². The van der Waals surface area contributed by atoms with Gasteiger partial charge in [0, 0.05) is 18.2 Å². The summed E-state index contributed by atoms with van der Waals surface area (Å²) in [6, 6.07) is 18.6. The Morgan fingerprint density at radius 1 is 1.06 bits per heavy atom. The summed E-state index contributed by atoms with van der Waals surface area (Å²) in [6.07, 6.45) is 2.22. The molecule has 0 spiro atoms. The summed E-state index contributed by atoms with van der Waals surface area (Å²) >= 11 is 0.880. The number of benzene rings is 2. The van der Waals surface area contributed by atoms with Gasteiger partial charge in [-0.05, 0) is 48.0 Å². The van der Waals surface area contributed by atoms with Crippen LogP contribution in [0.4, 0.5) is 4.79 Å². The van der Waals surface area contributed by atoms with E-state index in [2.05, 4.69) is 10.3 Å². The third-order valence-corrected chi connectivity index (χ3v) is 5.63. The van der Waals surface area contributed by atoms with Crippen molar-refractivity contribution >= 4 is 29.0 Å². The zero-order valence-electron chi connectivity index (χ0n) is 17.4. The number of aryl methyl sites for hydroxylation is 1. The maximum atomic E-state index is 12.6. The number of nitrogens with zero attached hydrogens (tertiary/aromatic N) is 2. The highest BCUT2D eigenvalue weighted by Crippen LogP contribution is 2.26. The van der Waals surface area contributed by atoms with Crippen LogP contribution in [-0.2, 0) is 17.8 Å². The zero-order valence-corrected chi connectivity index (χ0v) is 18.2. The molecule has 2 aromatic carbocycles. The number of ether oxygens (including phenoxy) is 1. The second kappa shape index (κ2) is 9.65. The van der Waals surface area contributed by atoms with Crippen molar-refractivity contribution in [3.05, 3.63) is 98.6 Å². The van der Waals surface area contributed by atoms with Crippen molar-refractivity contribution < 1.29 is 14.3 Å². The van der Waals surface area contributed by atoms with Gasteiger partial charge in [-0.3, -0.25) is 24.3 Å². The van der Waals surface area contributed by atoms with Gasteiger partial charge in [-0.25, -0.2) is 4.98 Å². The van der Waals surface area contributed by atoms with Gasteiger partial charge in [0.2, 0.25) is 0 Å². The quantitative estimate of drug-likeness (QED) is 0.557. The lowest BCUT2D eigenvalue weighted by molar-refractivity contribution is -0.115. The van der Waals surface area contributed by atoms with Gasteiger partial charge in [0.05, 0.1) is 11.4 Å². The first-order valence-electron chi connectivity index (χ1n) is 10.1. The first-order valence-corrected chi connectivity index (χ1v) is 10.9. The molecule has 162 valence electrons. The second-order valence-electron chi connectivity index (χ2n) is 7.24. The fraction of sp³-hybridized carbons (Fsp3) is 0.167. The predicted octanol–water partition coefficient (Wildman–Crippen LogP) is 3.55. The Bertz CT molecular complexity index is 1230. The standard InChI is InChI=1S/C24H21N3O4S/c1-16-13-22(28)27(21(25-16)15-17-5-3-2-4-6-17)11-12-31-19-9-7-18(8-10-19)14-20-23(29)26-24(30)32-20/h2-10,13-14H,11-12,15H2,1H3,(H,26,29,30)/b20-14-. The minimum atomic E-state index is -0.385. The molecule has 2 amide bonds. The van der Waals surface area contributed by atoms with Crippen LogP contribution < -0.4 is 15.6 Å². The van der Waals surface area contributed by atoms with Gasteiger partial charge in [-0.2, -0.15) is 0 Å². The van der Waals surface area contributed by atoms with Gasteiger partial charge < -0.3 is 4.74 Å². The van der Waals surface area contributed by atoms with Crippen LogP contribution in [0.25, 0.3) is 6.08 Å². The Hall–Kier alpha value is -3.65. The van der Waals surface area contributed by atoms with Crippen LogP contribution in [0.3, 0.4) is 0 Å². The van der Waals surface area contributed by atoms with Crippen LogP contribution in [0.5, 0.6) is 5.75 Å². The van der Waals surface area contributed by atoms with Gasteiger partial charge >= 0.3 is 0 Å². The zero-order chi connectivity index (χ0) is 22.5. The molecule has 1 saturated heterocycles. The summed E-state index contributed by atoms with van der Waals surface area (Å²) in [7, 11) is 0. The molecule has 0 bridgehead atoms. The predicted molar refractivity (Wildman–Crippen MR) is 124 cm³/mol. The molecule has 32 heavy (non-hydrogen) atoms. The Labute approximate surface area is 189 Å². The molecule has 3 aromatic rings. The van der Waals surface area contributed by atoms with Gasteiger partial charge in [-0.15, -0.1) is 0 Å². The number of carbonyl (C=O) groups excluding carboxylic acids is 2. The molecule has 1 aliphatic heterocycles. The van der Waals surface area contributed by atoms with Crippen molar-refractivity contribution in [2.45, 2.75) is 19.9 Å². The molecule has 0 saturated carbocycles. The Balaban J connectivity index is 1.41. The number of amides is 2. The largest absolute Gasteiger partial charge is 0.492 e. The molecule has 2 heterocycles. The summed E-state index contributed by atoms with van der Waals surface area (Å²) in [6.45, 7) is 2.50. The van der Waals surface area contributed by atoms with E-state index in [4.69, 9.17) is 4.74 Å². The number of aromatic nitrogens is 2. The topological polar surface area (TPSA) is 90.3 Å². The normalized spacial score (nSPS) is 14.6. The first kappa shape index (κ1) is 21.6. The van der Waals surface area contributed by atoms with Crippen LogP contribution in [0.15, 0.2) is 70.4 Å². The smallest absolute Gasteiger partial charge is 0.290 e. The van der Waals surface area contributed by atoms with Gasteiger partial charge in [-0.1, -0.05) is 42.5 Å². The minimum absolute atomic E-state index is 0.101. The highest BCUT2D eigenvalue weighted by Gasteiger charge is 2.24. The molecule has 0 unspecified atom stereocenters. The number of nitrogens with one attached hydrogen (secondary N) is 1. The molecule has 1 aliphatic rings. The molecule has 0 radical (unpaired) electrons. The van der Waals surface area contributed by atoms with E-state index in [-0.39, 0.29) is 16.7 Å². The van der Waals surface area contributed by atoms with Crippen molar-refractivity contribution in [1.82, 2.24) is 14.9 Å². The van der Waals surface area contributed by atoms with Crippen molar-refractivity contribution in [2.24, 2.45) is 0 Å². The maximum absolute atomic E-state index is 12.6. The van der Waals surface area contributed by atoms with Crippen molar-refractivity contribution in [1.29, 1.82) is 0 Å². The molecular weight excluding hydrogens is 426 g/mol. The van der Waals surface area contributed by atoms with E-state index >= 15 is 0 Å². The lowest BCUT2D eigenvalue weighted by Crippen LogP contribution is -2.27. The number of rotatable bonds is 7. The summed E-state index contributed by atoms with van der Waals surface area (Å²) < 4.78 is 7.46. The SMILES string of the molecule is Cc1cc(=O)n(CCOc2ccc(/C=C3\SC(=O)NC3=O)cc2)c(Cc2ccccc2)n1. The molecule has 4 rings (SSSR count). The molecular formula is C24H21N3O4S. The number of imide groups is 1. The van der Waals surface area contributed by atoms with Gasteiger partial charge in [0.25, 0.3) is 16.7 Å². The number of carbonyl (C=O) groups is 2. The van der Waals surface area contributed by atoms with Crippen molar-refractivity contribution in [3.63, 3.8) is 0 Å². The van der Waals surface area contributed by atoms with Crippen molar-refractivity contribution in [2.75, 3.05) is 6.61 Å². The number of hydrogen-bond acceptors (Lipinski definition) is 6. The summed E-state index contributed by atoms with van der Waals surface area (Å²) in [5, 5.41) is 1.86. The van der Waals surface area contributed by atoms with Crippen LogP contribution in [0.1, 0.15) is 22.6 Å². The number of thioether (sulfide) groups is 1. The van der Waals surface area contributed by atoms with Crippen LogP contribution in [-0.4, -0.2) is 27.3 Å². The minimum Gasteiger partial charge on any atom is -0.492 e. The van der Waals surface area contributed by atoms with E-state index in [0.717, 1.165) is 22.9 Å². The van der Waals surface area contributed by atoms with Crippen LogP contribution in [0.2, 0.25) is 0 Å². The highest BCUT2D eigenvalue weighted by atomic mass is 32.2. The molecule has 1 aromatic heterocycles. The van der Waals surface area contributed by atoms with E-state index in [1.54, 1.807) is 34.9 Å². The fourth-order valence-corrected chi connectivity index (χ4v) is 4.00.